The molecule has 24 heavy (non-hydrogen) atoms. The summed E-state index contributed by atoms with van der Waals surface area (Å²) in [6, 6.07) is 8.13. The van der Waals surface area contributed by atoms with Crippen LogP contribution in [0.4, 0.5) is 0 Å². The zero-order valence-corrected chi connectivity index (χ0v) is 15.3. The summed E-state index contributed by atoms with van der Waals surface area (Å²) < 4.78 is 0. The Morgan fingerprint density at radius 3 is 2.29 bits per heavy atom. The Hall–Kier alpha value is -2.46. The van der Waals surface area contributed by atoms with Crippen molar-refractivity contribution in [3.8, 4) is 0 Å². The summed E-state index contributed by atoms with van der Waals surface area (Å²) in [5.41, 5.74) is 10.7. The Morgan fingerprint density at radius 1 is 1.12 bits per heavy atom. The second-order valence-corrected chi connectivity index (χ2v) is 6.62. The lowest BCUT2D eigenvalue weighted by atomic mass is 9.93. The highest BCUT2D eigenvalue weighted by atomic mass is 15.0. The van der Waals surface area contributed by atoms with Gasteiger partial charge in [-0.15, -0.1) is 0 Å². The molecule has 0 amide bonds. The first kappa shape index (κ1) is 17.9. The first-order valence-electron chi connectivity index (χ1n) is 8.57. The summed E-state index contributed by atoms with van der Waals surface area (Å²) in [6.07, 6.45) is 6.29. The first-order chi connectivity index (χ1) is 11.4. The number of hydrogen-bond donors (Lipinski definition) is 1. The molecule has 0 fully saturated rings. The van der Waals surface area contributed by atoms with E-state index in [0.717, 1.165) is 45.7 Å². The molecular weight excluding hydrogens is 290 g/mol. The van der Waals surface area contributed by atoms with Crippen molar-refractivity contribution in [2.24, 2.45) is 0 Å². The normalized spacial score (nSPS) is 14.8. The van der Waals surface area contributed by atoms with Gasteiger partial charge in [-0.2, -0.15) is 0 Å². The van der Waals surface area contributed by atoms with Crippen LogP contribution < -0.4 is 15.8 Å². The predicted molar refractivity (Wildman–Crippen MR) is 105 cm³/mol. The minimum atomic E-state index is 0.0900. The highest BCUT2D eigenvalue weighted by Gasteiger charge is 2.19. The Labute approximate surface area is 145 Å². The molecule has 0 heterocycles. The Balaban J connectivity index is 2.58. The van der Waals surface area contributed by atoms with Crippen molar-refractivity contribution in [2.45, 2.75) is 46.1 Å². The fraction of sp³-hybridized carbons (Fsp3) is 0.304. The largest absolute Gasteiger partial charge is 0.373 e. The van der Waals surface area contributed by atoms with E-state index in [1.54, 1.807) is 0 Å². The van der Waals surface area contributed by atoms with Gasteiger partial charge in [-0.25, -0.2) is 0 Å². The van der Waals surface area contributed by atoms with Gasteiger partial charge in [0.25, 0.3) is 0 Å². The molecule has 1 aromatic rings. The van der Waals surface area contributed by atoms with Crippen LogP contribution in [-0.2, 0) is 0 Å². The predicted octanol–water partition coefficient (Wildman–Crippen LogP) is 4.13. The van der Waals surface area contributed by atoms with Gasteiger partial charge in [0, 0.05) is 16.7 Å². The van der Waals surface area contributed by atoms with Gasteiger partial charge in [0.15, 0.2) is 0 Å². The van der Waals surface area contributed by atoms with E-state index >= 15 is 0 Å². The lowest BCUT2D eigenvalue weighted by Crippen LogP contribution is -2.39. The van der Waals surface area contributed by atoms with Crippen molar-refractivity contribution in [1.29, 1.82) is 0 Å². The van der Waals surface area contributed by atoms with Crippen LogP contribution in [-0.4, -0.2) is 5.54 Å². The summed E-state index contributed by atoms with van der Waals surface area (Å²) in [7, 11) is 0. The molecule has 1 aliphatic carbocycles. The van der Waals surface area contributed by atoms with Crippen LogP contribution in [0.2, 0.25) is 0 Å². The van der Waals surface area contributed by atoms with Crippen LogP contribution in [0, 0.1) is 0 Å². The monoisotopic (exact) mass is 317 g/mol. The zero-order valence-electron chi connectivity index (χ0n) is 15.3. The summed E-state index contributed by atoms with van der Waals surface area (Å²) in [6.45, 7) is 16.9. The van der Waals surface area contributed by atoms with Gasteiger partial charge in [-0.1, -0.05) is 57.0 Å². The highest BCUT2D eigenvalue weighted by Crippen LogP contribution is 2.21. The smallest absolute Gasteiger partial charge is 0.0861 e. The molecule has 1 aliphatic rings. The third kappa shape index (κ3) is 3.89. The van der Waals surface area contributed by atoms with E-state index in [0.29, 0.717) is 0 Å². The van der Waals surface area contributed by atoms with Crippen LogP contribution in [0.5, 0.6) is 0 Å². The van der Waals surface area contributed by atoms with E-state index < -0.39 is 0 Å². The average molecular weight is 317 g/mol. The molecule has 0 aromatic heterocycles. The molecule has 1 nitrogen and oxygen atoms in total. The van der Waals surface area contributed by atoms with Gasteiger partial charge < -0.3 is 5.32 Å². The molecule has 0 atom stereocenters. The molecule has 1 N–H and O–H groups in total. The number of nitrogens with one attached hydrogen (secondary N) is 1. The number of allylic oxidation sites excluding steroid dienone is 4. The van der Waals surface area contributed by atoms with Crippen molar-refractivity contribution in [3.05, 3.63) is 81.7 Å². The molecule has 1 aromatic carbocycles. The number of hydrogen-bond acceptors (Lipinski definition) is 1. The topological polar surface area (TPSA) is 12.0 Å². The second-order valence-electron chi connectivity index (χ2n) is 6.62. The maximum absolute atomic E-state index is 4.14. The molecule has 0 bridgehead atoms. The van der Waals surface area contributed by atoms with Crippen LogP contribution in [0.15, 0.2) is 71.3 Å². The van der Waals surface area contributed by atoms with E-state index in [1.165, 1.54) is 0 Å². The third-order valence-corrected chi connectivity index (χ3v) is 4.73. The maximum Gasteiger partial charge on any atom is 0.0861 e. The van der Waals surface area contributed by atoms with Gasteiger partial charge in [-0.3, -0.25) is 0 Å². The van der Waals surface area contributed by atoms with Crippen LogP contribution in [0.3, 0.4) is 0 Å². The van der Waals surface area contributed by atoms with Gasteiger partial charge in [-0.05, 0) is 60.6 Å². The van der Waals surface area contributed by atoms with Gasteiger partial charge in [0.2, 0.25) is 0 Å². The maximum atomic E-state index is 4.14. The fourth-order valence-corrected chi connectivity index (χ4v) is 2.72. The second kappa shape index (κ2) is 7.41. The standard InChI is InChI=1S/C23H27N/c1-7-23(6,8-2)24-20-15-13-19(14-16-20)22(17(3)4)21-12-10-9-11-18(21)5/h9-13,15,24H,3,5,7-8H2,1-2,4,6H3/b22-21+. The number of benzene rings is 1. The minimum absolute atomic E-state index is 0.0900. The summed E-state index contributed by atoms with van der Waals surface area (Å²) in [4.78, 5) is 0. The van der Waals surface area contributed by atoms with Gasteiger partial charge >= 0.3 is 0 Å². The Morgan fingerprint density at radius 2 is 1.79 bits per heavy atom. The lowest BCUT2D eigenvalue weighted by Gasteiger charge is -2.29. The van der Waals surface area contributed by atoms with Crippen molar-refractivity contribution < 1.29 is 0 Å². The summed E-state index contributed by atoms with van der Waals surface area (Å²) >= 11 is 0. The highest BCUT2D eigenvalue weighted by molar-refractivity contribution is 5.80. The lowest BCUT2D eigenvalue weighted by molar-refractivity contribution is 0.367. The van der Waals surface area contributed by atoms with Gasteiger partial charge in [0.1, 0.15) is 0 Å². The minimum Gasteiger partial charge on any atom is -0.373 e. The number of rotatable bonds is 6. The van der Waals surface area contributed by atoms with Crippen molar-refractivity contribution in [3.63, 3.8) is 0 Å². The van der Waals surface area contributed by atoms with E-state index in [-0.39, 0.29) is 5.54 Å². The van der Waals surface area contributed by atoms with E-state index in [9.17, 15) is 0 Å². The molecule has 0 aliphatic heterocycles. The molecule has 0 unspecified atom stereocenters. The molecule has 124 valence electrons. The molecule has 2 rings (SSSR count). The molecule has 0 saturated carbocycles. The molecule has 0 spiro atoms. The molecule has 0 saturated heterocycles. The average Bonchev–Trinajstić information content (AvgIpc) is 2.58. The van der Waals surface area contributed by atoms with Crippen molar-refractivity contribution in [1.82, 2.24) is 5.32 Å². The van der Waals surface area contributed by atoms with Gasteiger partial charge in [0.05, 0.1) is 5.70 Å². The quantitative estimate of drug-likeness (QED) is 0.778. The first-order valence-corrected chi connectivity index (χ1v) is 8.57. The van der Waals surface area contributed by atoms with Crippen LogP contribution >= 0.6 is 0 Å². The SMILES string of the molecule is C=C(C)/C(C1=C=C=C(NC(C)(CC)CC)C=C1)=c1/ccccc1=C. The van der Waals surface area contributed by atoms with E-state index in [1.807, 2.05) is 25.1 Å². The third-order valence-electron chi connectivity index (χ3n) is 4.73. The van der Waals surface area contributed by atoms with Crippen LogP contribution in [0.25, 0.3) is 12.2 Å². The Kier molecular flexibility index (Phi) is 5.52. The van der Waals surface area contributed by atoms with E-state index in [2.05, 4.69) is 68.9 Å². The molecular formula is C23H27N. The summed E-state index contributed by atoms with van der Waals surface area (Å²) in [5, 5.41) is 5.67. The Bertz CT molecular complexity index is 878. The zero-order chi connectivity index (χ0) is 17.7. The molecule has 1 heteroatoms. The summed E-state index contributed by atoms with van der Waals surface area (Å²) in [5.74, 6) is 0. The van der Waals surface area contributed by atoms with Crippen molar-refractivity contribution >= 4 is 12.2 Å². The van der Waals surface area contributed by atoms with Crippen LogP contribution in [0.1, 0.15) is 40.5 Å². The fourth-order valence-electron chi connectivity index (χ4n) is 2.72. The van der Waals surface area contributed by atoms with E-state index in [4.69, 9.17) is 0 Å². The molecule has 0 radical (unpaired) electrons. The van der Waals surface area contributed by atoms with Crippen molar-refractivity contribution in [2.75, 3.05) is 0 Å².